The lowest BCUT2D eigenvalue weighted by Gasteiger charge is -2.14. The number of nitrogens with zero attached hydrogens (tertiary/aromatic N) is 3. The highest BCUT2D eigenvalue weighted by molar-refractivity contribution is 6.30. The average Bonchev–Trinajstić information content (AvgIpc) is 3.20. The molecule has 140 valence electrons. The minimum Gasteiger partial charge on any atom is -0.494 e. The number of benzene rings is 2. The van der Waals surface area contributed by atoms with E-state index in [-0.39, 0.29) is 11.8 Å². The molecule has 6 heteroatoms. The smallest absolute Gasteiger partial charge is 0.223 e. The number of halogens is 1. The van der Waals surface area contributed by atoms with Crippen molar-refractivity contribution in [1.82, 2.24) is 14.5 Å². The van der Waals surface area contributed by atoms with Gasteiger partial charge in [-0.2, -0.15) is 0 Å². The normalized spacial score (nSPS) is 17.0. The van der Waals surface area contributed by atoms with Gasteiger partial charge in [0.25, 0.3) is 0 Å². The van der Waals surface area contributed by atoms with Crippen LogP contribution in [0.5, 0.6) is 5.75 Å². The molecule has 1 aliphatic rings. The number of aromatic nitrogens is 2. The van der Waals surface area contributed by atoms with Crippen LogP contribution in [0.4, 0.5) is 0 Å². The molecule has 0 saturated carbocycles. The van der Waals surface area contributed by atoms with E-state index >= 15 is 0 Å². The zero-order chi connectivity index (χ0) is 18.8. The van der Waals surface area contributed by atoms with E-state index in [9.17, 15) is 4.79 Å². The van der Waals surface area contributed by atoms with Crippen molar-refractivity contribution in [3.63, 3.8) is 0 Å². The summed E-state index contributed by atoms with van der Waals surface area (Å²) in [6.07, 6.45) is 1.38. The summed E-state index contributed by atoms with van der Waals surface area (Å²) in [5.74, 6) is 2.15. The van der Waals surface area contributed by atoms with Gasteiger partial charge in [-0.25, -0.2) is 4.98 Å². The minimum atomic E-state index is 0.145. The number of likely N-dealkylation sites (N-methyl/N-ethyl adjacent to an activating group) is 1. The second kappa shape index (κ2) is 7.61. The number of carbonyl (C=O) groups excluding carboxylic acids is 1. The number of fused-ring (bicyclic) bond motifs is 1. The molecule has 2 heterocycles. The fourth-order valence-corrected chi connectivity index (χ4v) is 3.75. The number of aryl methyl sites for hydroxylation is 1. The van der Waals surface area contributed by atoms with E-state index in [1.54, 1.807) is 4.90 Å². The van der Waals surface area contributed by atoms with Gasteiger partial charge in [0.1, 0.15) is 11.6 Å². The van der Waals surface area contributed by atoms with Crippen LogP contribution < -0.4 is 4.74 Å². The molecule has 0 bridgehead atoms. The van der Waals surface area contributed by atoms with Crippen molar-refractivity contribution in [2.24, 2.45) is 0 Å². The van der Waals surface area contributed by atoms with Crippen molar-refractivity contribution in [3.05, 3.63) is 59.4 Å². The maximum atomic E-state index is 12.0. The van der Waals surface area contributed by atoms with Crippen LogP contribution in [0.3, 0.4) is 0 Å². The van der Waals surface area contributed by atoms with Crippen LogP contribution in [-0.4, -0.2) is 40.6 Å². The first kappa shape index (κ1) is 17.9. The molecule has 3 aromatic rings. The molecule has 1 amide bonds. The lowest BCUT2D eigenvalue weighted by Crippen LogP contribution is -2.19. The molecule has 5 nitrogen and oxygen atoms in total. The Morgan fingerprint density at radius 2 is 1.96 bits per heavy atom. The number of amides is 1. The Labute approximate surface area is 163 Å². The molecule has 27 heavy (non-hydrogen) atoms. The first-order valence-corrected chi connectivity index (χ1v) is 9.57. The van der Waals surface area contributed by atoms with Crippen LogP contribution in [0.1, 0.15) is 24.6 Å². The van der Waals surface area contributed by atoms with Crippen molar-refractivity contribution in [2.75, 3.05) is 20.2 Å². The number of imidazole rings is 1. The third-order valence-corrected chi connectivity index (χ3v) is 5.25. The lowest BCUT2D eigenvalue weighted by molar-refractivity contribution is -0.126. The van der Waals surface area contributed by atoms with Crippen molar-refractivity contribution in [2.45, 2.75) is 25.3 Å². The molecule has 0 unspecified atom stereocenters. The summed E-state index contributed by atoms with van der Waals surface area (Å²) in [5.41, 5.74) is 2.09. The van der Waals surface area contributed by atoms with Crippen LogP contribution in [0, 0.1) is 0 Å². The Bertz CT molecular complexity index is 952. The zero-order valence-electron chi connectivity index (χ0n) is 15.3. The first-order valence-electron chi connectivity index (χ1n) is 9.19. The van der Waals surface area contributed by atoms with Gasteiger partial charge in [0.05, 0.1) is 17.6 Å². The molecular weight excluding hydrogens is 362 g/mol. The molecular formula is C21H22ClN3O2. The largest absolute Gasteiger partial charge is 0.494 e. The lowest BCUT2D eigenvalue weighted by atomic mass is 10.1. The molecule has 1 aliphatic heterocycles. The van der Waals surface area contributed by atoms with E-state index < -0.39 is 0 Å². The highest BCUT2D eigenvalue weighted by Crippen LogP contribution is 2.29. The van der Waals surface area contributed by atoms with Gasteiger partial charge in [-0.3, -0.25) is 4.79 Å². The van der Waals surface area contributed by atoms with Crippen molar-refractivity contribution >= 4 is 28.5 Å². The summed E-state index contributed by atoms with van der Waals surface area (Å²) in [5, 5.41) is 0.702. The highest BCUT2D eigenvalue weighted by Gasteiger charge is 2.31. The Balaban J connectivity index is 1.49. The van der Waals surface area contributed by atoms with E-state index in [4.69, 9.17) is 21.3 Å². The molecule has 1 aromatic heterocycles. The van der Waals surface area contributed by atoms with Gasteiger partial charge in [0, 0.05) is 37.5 Å². The highest BCUT2D eigenvalue weighted by atomic mass is 35.5. The number of likely N-dealkylation sites (tertiary alicyclic amines) is 1. The maximum Gasteiger partial charge on any atom is 0.223 e. The summed E-state index contributed by atoms with van der Waals surface area (Å²) in [7, 11) is 1.86. The van der Waals surface area contributed by atoms with Crippen molar-refractivity contribution in [3.8, 4) is 5.75 Å². The monoisotopic (exact) mass is 383 g/mol. The fourth-order valence-electron chi connectivity index (χ4n) is 3.62. The van der Waals surface area contributed by atoms with Gasteiger partial charge in [0.2, 0.25) is 5.91 Å². The molecule has 0 aliphatic carbocycles. The van der Waals surface area contributed by atoms with E-state index in [1.165, 1.54) is 0 Å². The van der Waals surface area contributed by atoms with Crippen LogP contribution in [0.2, 0.25) is 5.02 Å². The molecule has 0 spiro atoms. The van der Waals surface area contributed by atoms with Crippen LogP contribution in [-0.2, 0) is 11.3 Å². The second-order valence-corrected chi connectivity index (χ2v) is 7.38. The van der Waals surface area contributed by atoms with Crippen LogP contribution in [0.15, 0.2) is 48.5 Å². The first-order chi connectivity index (χ1) is 13.1. The topological polar surface area (TPSA) is 47.4 Å². The maximum absolute atomic E-state index is 12.0. The predicted molar refractivity (Wildman–Crippen MR) is 106 cm³/mol. The molecule has 1 fully saturated rings. The molecule has 1 atom stereocenters. The van der Waals surface area contributed by atoms with Crippen LogP contribution in [0.25, 0.3) is 11.0 Å². The SMILES string of the molecule is CN1C[C@H](c2nc3ccccc3n2CCCOc2ccc(Cl)cc2)CC1=O. The quantitative estimate of drug-likeness (QED) is 0.602. The van der Waals surface area contributed by atoms with E-state index in [1.807, 2.05) is 49.5 Å². The van der Waals surface area contributed by atoms with E-state index in [0.29, 0.717) is 18.1 Å². The Kier molecular flexibility index (Phi) is 5.03. The summed E-state index contributed by atoms with van der Waals surface area (Å²) >= 11 is 5.90. The molecule has 2 aromatic carbocycles. The van der Waals surface area contributed by atoms with Gasteiger partial charge in [-0.1, -0.05) is 23.7 Å². The number of rotatable bonds is 6. The van der Waals surface area contributed by atoms with Gasteiger partial charge in [0.15, 0.2) is 0 Å². The van der Waals surface area contributed by atoms with Gasteiger partial charge >= 0.3 is 0 Å². The number of ether oxygens (including phenoxy) is 1. The minimum absolute atomic E-state index is 0.145. The van der Waals surface area contributed by atoms with Crippen LogP contribution >= 0.6 is 11.6 Å². The molecule has 1 saturated heterocycles. The number of hydrogen-bond donors (Lipinski definition) is 0. The number of para-hydroxylation sites is 2. The number of hydrogen-bond acceptors (Lipinski definition) is 3. The van der Waals surface area contributed by atoms with Crippen molar-refractivity contribution < 1.29 is 9.53 Å². The zero-order valence-corrected chi connectivity index (χ0v) is 16.0. The predicted octanol–water partition coefficient (Wildman–Crippen LogP) is 4.10. The number of carbonyl (C=O) groups is 1. The molecule has 0 N–H and O–H groups in total. The van der Waals surface area contributed by atoms with E-state index in [0.717, 1.165) is 42.1 Å². The summed E-state index contributed by atoms with van der Waals surface area (Å²) in [6.45, 7) is 2.14. The summed E-state index contributed by atoms with van der Waals surface area (Å²) in [4.78, 5) is 18.6. The van der Waals surface area contributed by atoms with Crippen molar-refractivity contribution in [1.29, 1.82) is 0 Å². The third-order valence-electron chi connectivity index (χ3n) is 5.00. The average molecular weight is 384 g/mol. The third kappa shape index (κ3) is 3.78. The molecule has 0 radical (unpaired) electrons. The standard InChI is InChI=1S/C21H22ClN3O2/c1-24-14-15(13-20(24)26)21-23-18-5-2-3-6-19(18)25(21)11-4-12-27-17-9-7-16(22)8-10-17/h2-3,5-10,15H,4,11-14H2,1H3/t15-/m1/s1. The Morgan fingerprint density at radius 1 is 1.19 bits per heavy atom. The van der Waals surface area contributed by atoms with Gasteiger partial charge in [-0.15, -0.1) is 0 Å². The summed E-state index contributed by atoms with van der Waals surface area (Å²) < 4.78 is 8.06. The fraction of sp³-hybridized carbons (Fsp3) is 0.333. The van der Waals surface area contributed by atoms with E-state index in [2.05, 4.69) is 10.6 Å². The Morgan fingerprint density at radius 3 is 2.70 bits per heavy atom. The van der Waals surface area contributed by atoms with Gasteiger partial charge < -0.3 is 14.2 Å². The summed E-state index contributed by atoms with van der Waals surface area (Å²) in [6, 6.07) is 15.5. The second-order valence-electron chi connectivity index (χ2n) is 6.94. The molecule has 4 rings (SSSR count). The Hall–Kier alpha value is -2.53. The van der Waals surface area contributed by atoms with Gasteiger partial charge in [-0.05, 0) is 42.8 Å².